The van der Waals surface area contributed by atoms with Crippen molar-refractivity contribution < 1.29 is 19.3 Å². The predicted octanol–water partition coefficient (Wildman–Crippen LogP) is 4.71. The molecule has 2 saturated heterocycles. The number of non-ortho nitro benzene ring substituents is 1. The number of fused-ring (bicyclic) bond motifs is 5. The van der Waals surface area contributed by atoms with E-state index < -0.39 is 46.6 Å². The quantitative estimate of drug-likeness (QED) is 0.298. The van der Waals surface area contributed by atoms with E-state index in [-0.39, 0.29) is 11.4 Å². The zero-order valence-corrected chi connectivity index (χ0v) is 20.8. The molecule has 10 heteroatoms. The van der Waals surface area contributed by atoms with Crippen LogP contribution in [0.1, 0.15) is 22.7 Å². The van der Waals surface area contributed by atoms with Gasteiger partial charge in [-0.1, -0.05) is 35.9 Å². The third-order valence-corrected chi connectivity index (χ3v) is 7.73. The molecule has 3 amide bonds. The molecule has 9 nitrogen and oxygen atoms in total. The summed E-state index contributed by atoms with van der Waals surface area (Å²) in [5.74, 6) is -3.13. The second-order valence-corrected chi connectivity index (χ2v) is 10.0. The number of benzene rings is 3. The number of amides is 3. The van der Waals surface area contributed by atoms with Crippen LogP contribution in [0.15, 0.2) is 72.9 Å². The molecule has 38 heavy (non-hydrogen) atoms. The van der Waals surface area contributed by atoms with E-state index in [2.05, 4.69) is 5.32 Å². The van der Waals surface area contributed by atoms with Gasteiger partial charge in [-0.3, -0.25) is 24.5 Å². The van der Waals surface area contributed by atoms with Crippen molar-refractivity contribution in [2.75, 3.05) is 10.2 Å². The summed E-state index contributed by atoms with van der Waals surface area (Å²) in [5, 5.41) is 14.6. The number of rotatable bonds is 4. The number of carbonyl (C=O) groups is 3. The van der Waals surface area contributed by atoms with Crippen LogP contribution in [0.5, 0.6) is 0 Å². The predicted molar refractivity (Wildman–Crippen MR) is 141 cm³/mol. The highest BCUT2D eigenvalue weighted by Gasteiger charge is 2.64. The Bertz CT molecular complexity index is 1550. The van der Waals surface area contributed by atoms with E-state index in [9.17, 15) is 24.5 Å². The van der Waals surface area contributed by atoms with Crippen molar-refractivity contribution in [3.8, 4) is 0 Å². The summed E-state index contributed by atoms with van der Waals surface area (Å²) in [6.07, 6.45) is 3.65. The first-order valence-electron chi connectivity index (χ1n) is 12.0. The molecule has 0 saturated carbocycles. The Morgan fingerprint density at radius 3 is 2.42 bits per heavy atom. The molecule has 0 radical (unpaired) electrons. The average molecular weight is 529 g/mol. The first kappa shape index (κ1) is 23.9. The SMILES string of the molecule is Cc1cc([N+](=O)[O-])ccc1N1C(=O)[C@H]2[C@@H](C1=O)C1c3ccccc3C=CN1[C@H]2C(=O)Nc1ccc(Cl)cc1. The largest absolute Gasteiger partial charge is 0.357 e. The number of anilines is 2. The van der Waals surface area contributed by atoms with Crippen LogP contribution in [0.25, 0.3) is 6.08 Å². The van der Waals surface area contributed by atoms with Crippen molar-refractivity contribution in [1.82, 2.24) is 4.90 Å². The topological polar surface area (TPSA) is 113 Å². The van der Waals surface area contributed by atoms with Crippen molar-refractivity contribution in [1.29, 1.82) is 0 Å². The fraction of sp³-hybridized carbons (Fsp3) is 0.179. The molecule has 6 rings (SSSR count). The summed E-state index contributed by atoms with van der Waals surface area (Å²) in [4.78, 5) is 55.2. The summed E-state index contributed by atoms with van der Waals surface area (Å²) in [6, 6.07) is 16.8. The lowest BCUT2D eigenvalue weighted by atomic mass is 9.84. The van der Waals surface area contributed by atoms with Crippen molar-refractivity contribution in [3.05, 3.63) is 105 Å². The number of hydrogen-bond donors (Lipinski definition) is 1. The third kappa shape index (κ3) is 3.58. The van der Waals surface area contributed by atoms with Crippen molar-refractivity contribution >= 4 is 52.5 Å². The normalized spacial score (nSPS) is 23.2. The first-order valence-corrected chi connectivity index (χ1v) is 12.4. The minimum atomic E-state index is -0.954. The molecular weight excluding hydrogens is 508 g/mol. The Morgan fingerprint density at radius 2 is 1.71 bits per heavy atom. The number of aryl methyl sites for hydroxylation is 1. The maximum absolute atomic E-state index is 14.0. The summed E-state index contributed by atoms with van der Waals surface area (Å²) >= 11 is 5.98. The number of imide groups is 1. The Morgan fingerprint density at radius 1 is 1.00 bits per heavy atom. The molecule has 3 aromatic carbocycles. The van der Waals surface area contributed by atoms with Gasteiger partial charge in [0.15, 0.2) is 0 Å². The first-order chi connectivity index (χ1) is 18.3. The van der Waals surface area contributed by atoms with Gasteiger partial charge in [-0.25, -0.2) is 4.90 Å². The Labute approximate surface area is 222 Å². The van der Waals surface area contributed by atoms with E-state index in [4.69, 9.17) is 11.6 Å². The second-order valence-electron chi connectivity index (χ2n) is 9.57. The molecule has 3 aliphatic rings. The van der Waals surface area contributed by atoms with E-state index in [1.165, 1.54) is 18.2 Å². The highest BCUT2D eigenvalue weighted by Crippen LogP contribution is 2.53. The van der Waals surface area contributed by atoms with Crippen LogP contribution in [-0.4, -0.2) is 33.6 Å². The third-order valence-electron chi connectivity index (χ3n) is 7.47. The van der Waals surface area contributed by atoms with E-state index in [0.29, 0.717) is 16.3 Å². The van der Waals surface area contributed by atoms with Crippen LogP contribution in [-0.2, 0) is 14.4 Å². The van der Waals surface area contributed by atoms with Gasteiger partial charge in [0.1, 0.15) is 6.04 Å². The summed E-state index contributed by atoms with van der Waals surface area (Å²) in [7, 11) is 0. The lowest BCUT2D eigenvalue weighted by Crippen LogP contribution is -2.46. The number of nitrogens with one attached hydrogen (secondary N) is 1. The minimum absolute atomic E-state index is 0.136. The molecule has 3 aromatic rings. The summed E-state index contributed by atoms with van der Waals surface area (Å²) in [6.45, 7) is 1.62. The molecule has 0 aromatic heterocycles. The van der Waals surface area contributed by atoms with Gasteiger partial charge in [0.05, 0.1) is 28.5 Å². The molecule has 0 bridgehead atoms. The van der Waals surface area contributed by atoms with Gasteiger partial charge in [-0.15, -0.1) is 0 Å². The van der Waals surface area contributed by atoms with E-state index in [1.807, 2.05) is 30.3 Å². The van der Waals surface area contributed by atoms with E-state index in [1.54, 1.807) is 42.3 Å². The van der Waals surface area contributed by atoms with Crippen molar-refractivity contribution in [2.24, 2.45) is 11.8 Å². The molecule has 1 N–H and O–H groups in total. The number of halogens is 1. The van der Waals surface area contributed by atoms with Gasteiger partial charge >= 0.3 is 0 Å². The van der Waals surface area contributed by atoms with Gasteiger partial charge in [0.25, 0.3) is 5.69 Å². The van der Waals surface area contributed by atoms with Gasteiger partial charge in [-0.05, 0) is 60.0 Å². The standard InChI is InChI=1S/C28H21ClN4O5/c1-15-14-19(33(37)38)10-11-21(15)32-27(35)22-23(28(32)36)25(26(34)30-18-8-6-17(29)7-9-18)31-13-12-16-4-2-3-5-20(16)24(22)31/h2-14,22-25H,1H3,(H,30,34)/t22-,23+,24?,25-/m1/s1. The molecule has 3 heterocycles. The maximum atomic E-state index is 14.0. The number of hydrogen-bond acceptors (Lipinski definition) is 6. The number of nitrogens with zero attached hydrogens (tertiary/aromatic N) is 3. The van der Waals surface area contributed by atoms with E-state index >= 15 is 0 Å². The fourth-order valence-corrected chi connectivity index (χ4v) is 5.97. The maximum Gasteiger partial charge on any atom is 0.269 e. The zero-order valence-electron chi connectivity index (χ0n) is 20.1. The minimum Gasteiger partial charge on any atom is -0.357 e. The van der Waals surface area contributed by atoms with Crippen molar-refractivity contribution in [2.45, 2.75) is 19.0 Å². The Hall–Kier alpha value is -4.50. The molecule has 190 valence electrons. The van der Waals surface area contributed by atoms with Gasteiger partial charge in [0, 0.05) is 29.0 Å². The number of carbonyl (C=O) groups excluding carboxylic acids is 3. The smallest absolute Gasteiger partial charge is 0.269 e. The van der Waals surface area contributed by atoms with Crippen LogP contribution >= 0.6 is 11.6 Å². The lowest BCUT2D eigenvalue weighted by molar-refractivity contribution is -0.384. The Balaban J connectivity index is 1.43. The second kappa shape index (κ2) is 8.81. The summed E-state index contributed by atoms with van der Waals surface area (Å²) in [5.41, 5.74) is 2.85. The average Bonchev–Trinajstić information content (AvgIpc) is 3.38. The molecule has 0 spiro atoms. The number of nitro groups is 1. The fourth-order valence-electron chi connectivity index (χ4n) is 5.85. The van der Waals surface area contributed by atoms with Crippen LogP contribution < -0.4 is 10.2 Å². The van der Waals surface area contributed by atoms with Gasteiger partial charge in [0.2, 0.25) is 17.7 Å². The van der Waals surface area contributed by atoms with E-state index in [0.717, 1.165) is 16.0 Å². The number of nitro benzene ring substituents is 1. The molecular formula is C28H21ClN4O5. The molecule has 4 atom stereocenters. The van der Waals surface area contributed by atoms with Crippen LogP contribution in [0.2, 0.25) is 5.02 Å². The lowest BCUT2D eigenvalue weighted by Gasteiger charge is -2.35. The monoisotopic (exact) mass is 528 g/mol. The van der Waals surface area contributed by atoms with Crippen LogP contribution in [0.3, 0.4) is 0 Å². The van der Waals surface area contributed by atoms with Gasteiger partial charge in [-0.2, -0.15) is 0 Å². The summed E-state index contributed by atoms with van der Waals surface area (Å²) < 4.78 is 0. The highest BCUT2D eigenvalue weighted by atomic mass is 35.5. The molecule has 0 aliphatic carbocycles. The van der Waals surface area contributed by atoms with Gasteiger partial charge < -0.3 is 10.2 Å². The highest BCUT2D eigenvalue weighted by molar-refractivity contribution is 6.30. The molecule has 2 fully saturated rings. The zero-order chi connectivity index (χ0) is 26.7. The van der Waals surface area contributed by atoms with Crippen molar-refractivity contribution in [3.63, 3.8) is 0 Å². The molecule has 1 unspecified atom stereocenters. The van der Waals surface area contributed by atoms with Crippen LogP contribution in [0, 0.1) is 28.9 Å². The molecule has 3 aliphatic heterocycles. The Kier molecular flexibility index (Phi) is 5.53. The van der Waals surface area contributed by atoms with Crippen LogP contribution in [0.4, 0.5) is 17.1 Å².